The molecule has 0 saturated carbocycles. The van der Waals surface area contributed by atoms with Gasteiger partial charge < -0.3 is 0 Å². The van der Waals surface area contributed by atoms with Crippen LogP contribution in [0.3, 0.4) is 0 Å². The number of hydrogen-bond donors (Lipinski definition) is 0. The van der Waals surface area contributed by atoms with Crippen LogP contribution in [-0.4, -0.2) is 70.1 Å². The molecule has 0 saturated heterocycles. The summed E-state index contributed by atoms with van der Waals surface area (Å²) in [6.45, 7) is 0. The van der Waals surface area contributed by atoms with Crippen LogP contribution in [-0.2, 0) is 0 Å². The van der Waals surface area contributed by atoms with E-state index in [1.807, 2.05) is 0 Å². The van der Waals surface area contributed by atoms with Gasteiger partial charge in [-0.2, -0.15) is 0 Å². The van der Waals surface area contributed by atoms with Gasteiger partial charge >= 0.3 is 59.1 Å². The normalized spacial score (nSPS) is 0. The molecule has 0 bridgehead atoms. The van der Waals surface area contributed by atoms with Gasteiger partial charge in [0.1, 0.15) is 0 Å². The molecule has 0 atom stereocenters. The van der Waals surface area contributed by atoms with Crippen molar-refractivity contribution in [3.05, 3.63) is 0 Å². The molecule has 0 spiro atoms. The van der Waals surface area contributed by atoms with E-state index in [0.717, 1.165) is 0 Å². The molecule has 0 unspecified atom stereocenters. The fourth-order valence-electron chi connectivity index (χ4n) is 0. The Balaban J connectivity index is 0. The van der Waals surface area contributed by atoms with Crippen LogP contribution in [0.1, 0.15) is 0 Å². The van der Waals surface area contributed by atoms with E-state index in [2.05, 4.69) is 0 Å². The van der Waals surface area contributed by atoms with E-state index >= 15 is 0 Å². The van der Waals surface area contributed by atoms with Gasteiger partial charge in [-0.05, 0) is 11.0 Å². The Morgan fingerprint density at radius 1 is 1.00 bits per heavy atom. The summed E-state index contributed by atoms with van der Waals surface area (Å²) in [4.78, 5) is 0. The van der Waals surface area contributed by atoms with Gasteiger partial charge in [0, 0.05) is 0 Å². The largest absolute Gasteiger partial charge is 0.0149 e. The second kappa shape index (κ2) is 19.5. The van der Waals surface area contributed by atoms with Crippen molar-refractivity contribution >= 4 is 70.1 Å². The van der Waals surface area contributed by atoms with Gasteiger partial charge in [-0.15, -0.1) is 0 Å². The third-order valence-electron chi connectivity index (χ3n) is 0. The first-order valence-corrected chi connectivity index (χ1v) is 0. The fourth-order valence-corrected chi connectivity index (χ4v) is 0. The molecule has 0 aliphatic rings. The van der Waals surface area contributed by atoms with Gasteiger partial charge in [0.15, 0.2) is 0 Å². The Morgan fingerprint density at radius 3 is 1.00 bits per heavy atom. The molecule has 0 rings (SSSR count). The molecule has 0 amide bonds. The van der Waals surface area contributed by atoms with E-state index in [-0.39, 0.29) is 70.1 Å². The van der Waals surface area contributed by atoms with Gasteiger partial charge in [-0.25, -0.2) is 0 Å². The molecule has 4 heteroatoms. The second-order valence-corrected chi connectivity index (χ2v) is 0. The smallest absolute Gasteiger partial charge is 0.0149 e. The van der Waals surface area contributed by atoms with Gasteiger partial charge in [0.05, 0.1) is 0 Å². The molecule has 0 aliphatic carbocycles. The maximum absolute atomic E-state index is 0. The second-order valence-electron chi connectivity index (χ2n) is 0. The summed E-state index contributed by atoms with van der Waals surface area (Å²) in [6.07, 6.45) is 0. The molecule has 0 nitrogen and oxygen atoms in total. The van der Waals surface area contributed by atoms with Crippen molar-refractivity contribution < 1.29 is 0 Å². The van der Waals surface area contributed by atoms with Crippen molar-refractivity contribution in [3.8, 4) is 0 Å². The molecule has 0 N–H and O–H groups in total. The molecule has 0 fully saturated rings. The van der Waals surface area contributed by atoms with Gasteiger partial charge in [-0.1, -0.05) is 0 Å². The maximum atomic E-state index is 0. The molecule has 0 heterocycles. The molecule has 4 heavy (non-hydrogen) atoms. The monoisotopic (exact) mass is 316 g/mol. The summed E-state index contributed by atoms with van der Waals surface area (Å²) in [5.74, 6) is 0. The summed E-state index contributed by atoms with van der Waals surface area (Å²) < 4.78 is 0. The van der Waals surface area contributed by atoms with Crippen LogP contribution < -0.4 is 0 Å². The minimum Gasteiger partial charge on any atom is -0.0149 e. The van der Waals surface area contributed by atoms with E-state index in [0.29, 0.717) is 0 Å². The standard InChI is InChI=1S/GeH4.Sb.H2Se.H4Si.3H/h1H4;;1H2;1H4;;;. The Kier molecular flexibility index (Phi) is 175. The topological polar surface area (TPSA) is 0 Å². The van der Waals surface area contributed by atoms with E-state index in [1.165, 1.54) is 0 Å². The molecule has 0 aromatic rings. The minimum atomic E-state index is 0. The summed E-state index contributed by atoms with van der Waals surface area (Å²) in [5, 5.41) is 0. The third kappa shape index (κ3) is 8.94. The average Bonchev–Trinajstić information content (AvgIpc) is 0. The molecule has 0 aliphatic heterocycles. The zero-order chi connectivity index (χ0) is 0. The van der Waals surface area contributed by atoms with E-state index in [1.54, 1.807) is 0 Å². The predicted octanol–water partition coefficient (Wildman–Crippen LogP) is -5.00. The Labute approximate surface area is 69.4 Å². The van der Waals surface area contributed by atoms with Crippen molar-refractivity contribution in [2.24, 2.45) is 0 Å². The van der Waals surface area contributed by atoms with Crippen molar-refractivity contribution in [1.82, 2.24) is 0 Å². The molecule has 0 aromatic heterocycles. The van der Waals surface area contributed by atoms with Crippen LogP contribution in [0.25, 0.3) is 0 Å². The Bertz CT molecular complexity index is 8.00. The van der Waals surface area contributed by atoms with Crippen LogP contribution in [0.15, 0.2) is 0 Å². The van der Waals surface area contributed by atoms with E-state index < -0.39 is 0 Å². The first-order chi connectivity index (χ1) is 0. The third-order valence-corrected chi connectivity index (χ3v) is 0. The molecular weight excluding hydrogens is 301 g/mol. The SMILES string of the molecule is [GeH4].[SbH3].[SeH2].[SiH4]. The van der Waals surface area contributed by atoms with Gasteiger partial charge in [0.25, 0.3) is 0 Å². The first kappa shape index (κ1) is 36.0. The van der Waals surface area contributed by atoms with Crippen molar-refractivity contribution in [1.29, 1.82) is 0 Å². The fraction of sp³-hybridized carbons (Fsp3) is 0. The number of rotatable bonds is 0. The van der Waals surface area contributed by atoms with Crippen LogP contribution in [0, 0.1) is 0 Å². The van der Waals surface area contributed by atoms with Gasteiger partial charge in [0.2, 0.25) is 0 Å². The average molecular weight is 315 g/mol. The quantitative estimate of drug-likeness (QED) is 0.393. The van der Waals surface area contributed by atoms with Crippen molar-refractivity contribution in [2.75, 3.05) is 0 Å². The zero-order valence-electron chi connectivity index (χ0n) is 1.21. The molecule has 0 radical (unpaired) electrons. The molecule has 0 aromatic carbocycles. The Hall–Kier alpha value is 2.10. The zero-order valence-corrected chi connectivity index (χ0v) is 7.34. The summed E-state index contributed by atoms with van der Waals surface area (Å²) in [5.41, 5.74) is 0. The van der Waals surface area contributed by atoms with Crippen LogP contribution in [0.4, 0.5) is 0 Å². The Morgan fingerprint density at radius 2 is 1.00 bits per heavy atom. The first-order valence-electron chi connectivity index (χ1n) is 0. The molecule has 32 valence electrons. The maximum Gasteiger partial charge on any atom is -0.0149 e. The summed E-state index contributed by atoms with van der Waals surface area (Å²) in [6, 6.07) is 0. The summed E-state index contributed by atoms with van der Waals surface area (Å²) >= 11 is 0. The minimum absolute atomic E-state index is 0. The van der Waals surface area contributed by atoms with Gasteiger partial charge in [-0.3, -0.25) is 0 Å². The van der Waals surface area contributed by atoms with E-state index in [9.17, 15) is 0 Å². The molecular formula is H13GeSbSeSi. The van der Waals surface area contributed by atoms with Crippen LogP contribution in [0.2, 0.25) is 0 Å². The van der Waals surface area contributed by atoms with Crippen molar-refractivity contribution in [2.45, 2.75) is 0 Å². The van der Waals surface area contributed by atoms with Crippen molar-refractivity contribution in [3.63, 3.8) is 0 Å². The van der Waals surface area contributed by atoms with E-state index in [4.69, 9.17) is 0 Å². The van der Waals surface area contributed by atoms with Crippen LogP contribution >= 0.6 is 0 Å². The summed E-state index contributed by atoms with van der Waals surface area (Å²) in [7, 11) is 0. The predicted molar refractivity (Wildman–Crippen MR) is 41.2 cm³/mol. The number of hydrogen-bond acceptors (Lipinski definition) is 0. The van der Waals surface area contributed by atoms with Crippen LogP contribution in [0.5, 0.6) is 0 Å².